The van der Waals surface area contributed by atoms with E-state index in [1.807, 2.05) is 0 Å². The fourth-order valence-electron chi connectivity index (χ4n) is 3.16. The van der Waals surface area contributed by atoms with Crippen molar-refractivity contribution in [3.63, 3.8) is 0 Å². The first kappa shape index (κ1) is 17.8. The monoisotopic (exact) mass is 367 g/mol. The van der Waals surface area contributed by atoms with Crippen LogP contribution in [0.3, 0.4) is 0 Å². The lowest BCUT2D eigenvalue weighted by Gasteiger charge is -2.23. The zero-order valence-electron chi connectivity index (χ0n) is 14.5. The van der Waals surface area contributed by atoms with Crippen LogP contribution in [0.5, 0.6) is 0 Å². The van der Waals surface area contributed by atoms with Crippen molar-refractivity contribution >= 4 is 28.2 Å². The summed E-state index contributed by atoms with van der Waals surface area (Å²) in [4.78, 5) is 27.3. The molecular formula is C17H23N2O5S+. The number of ether oxygens (including phenoxy) is 3. The predicted octanol–water partition coefficient (Wildman–Crippen LogP) is 0.712. The van der Waals surface area contributed by atoms with E-state index in [0.717, 1.165) is 42.9 Å². The fraction of sp³-hybridized carbons (Fsp3) is 0.529. The van der Waals surface area contributed by atoms with Gasteiger partial charge in [-0.2, -0.15) is 0 Å². The number of quaternary nitrogens is 1. The summed E-state index contributed by atoms with van der Waals surface area (Å²) in [7, 11) is 1.36. The first-order valence-electron chi connectivity index (χ1n) is 8.46. The predicted molar refractivity (Wildman–Crippen MR) is 92.7 cm³/mol. The number of anilines is 1. The van der Waals surface area contributed by atoms with Crippen molar-refractivity contribution in [2.24, 2.45) is 0 Å². The van der Waals surface area contributed by atoms with Crippen LogP contribution in [-0.4, -0.2) is 45.3 Å². The number of hydrogen-bond donors (Lipinski definition) is 2. The van der Waals surface area contributed by atoms with Crippen LogP contribution in [0.15, 0.2) is 12.0 Å². The molecule has 2 aliphatic heterocycles. The van der Waals surface area contributed by atoms with Crippen LogP contribution >= 0.6 is 11.3 Å². The Morgan fingerprint density at radius 3 is 2.92 bits per heavy atom. The number of hydrogen-bond acceptors (Lipinski definition) is 6. The average Bonchev–Trinajstić information content (AvgIpc) is 2.99. The van der Waals surface area contributed by atoms with E-state index in [1.54, 1.807) is 0 Å². The number of fused-ring (bicyclic) bond motifs is 1. The van der Waals surface area contributed by atoms with Crippen LogP contribution in [0.2, 0.25) is 0 Å². The van der Waals surface area contributed by atoms with E-state index in [9.17, 15) is 9.59 Å². The number of methoxy groups -OCH3 is 1. The normalized spacial score (nSPS) is 19.1. The lowest BCUT2D eigenvalue weighted by Crippen LogP contribution is -3.11. The van der Waals surface area contributed by atoms with Crippen LogP contribution < -0.4 is 10.2 Å². The van der Waals surface area contributed by atoms with E-state index in [-0.39, 0.29) is 5.76 Å². The third-order valence-corrected chi connectivity index (χ3v) is 5.47. The minimum Gasteiger partial charge on any atom is -0.494 e. The summed E-state index contributed by atoms with van der Waals surface area (Å²) >= 11 is 1.45. The van der Waals surface area contributed by atoms with Gasteiger partial charge in [-0.1, -0.05) is 6.92 Å². The number of carbonyl (C=O) groups is 2. The summed E-state index contributed by atoms with van der Waals surface area (Å²) in [6.45, 7) is 5.88. The lowest BCUT2D eigenvalue weighted by molar-refractivity contribution is -0.915. The number of amides is 1. The highest BCUT2D eigenvalue weighted by Crippen LogP contribution is 2.35. The van der Waals surface area contributed by atoms with Gasteiger partial charge in [-0.05, 0) is 12.0 Å². The number of thiophene rings is 1. The molecule has 7 nitrogen and oxygen atoms in total. The molecule has 25 heavy (non-hydrogen) atoms. The Labute approximate surface area is 150 Å². The molecule has 2 N–H and O–H groups in total. The van der Waals surface area contributed by atoms with Gasteiger partial charge >= 0.3 is 5.97 Å². The molecule has 0 saturated carbocycles. The lowest BCUT2D eigenvalue weighted by atomic mass is 10.0. The highest BCUT2D eigenvalue weighted by Gasteiger charge is 2.31. The SMILES string of the molecule is CCC[NH+]1CCc2c(sc(NC(=O)C3=COCCO3)c2C(=O)OC)C1. The van der Waals surface area contributed by atoms with Gasteiger partial charge in [-0.15, -0.1) is 11.3 Å². The van der Waals surface area contributed by atoms with Crippen LogP contribution in [0.25, 0.3) is 0 Å². The molecule has 0 aromatic carbocycles. The summed E-state index contributed by atoms with van der Waals surface area (Å²) < 4.78 is 15.4. The number of nitrogens with one attached hydrogen (secondary N) is 2. The Balaban J connectivity index is 1.86. The smallest absolute Gasteiger partial charge is 0.341 e. The summed E-state index contributed by atoms with van der Waals surface area (Å²) in [5.41, 5.74) is 1.48. The van der Waals surface area contributed by atoms with Gasteiger partial charge in [-0.3, -0.25) is 4.79 Å². The zero-order chi connectivity index (χ0) is 17.8. The van der Waals surface area contributed by atoms with Gasteiger partial charge in [0.15, 0.2) is 0 Å². The number of rotatable bonds is 5. The Morgan fingerprint density at radius 2 is 2.24 bits per heavy atom. The van der Waals surface area contributed by atoms with Gasteiger partial charge in [0.25, 0.3) is 5.91 Å². The molecule has 0 radical (unpaired) electrons. The standard InChI is InChI=1S/C17H22N2O5S/c1-3-5-19-6-4-11-13(9-19)25-16(14(11)17(21)22-2)18-15(20)12-10-23-7-8-24-12/h10H,3-9H2,1-2H3,(H,18,20)/p+1. The van der Waals surface area contributed by atoms with E-state index in [2.05, 4.69) is 12.2 Å². The van der Waals surface area contributed by atoms with Gasteiger partial charge in [-0.25, -0.2) is 4.79 Å². The molecule has 8 heteroatoms. The van der Waals surface area contributed by atoms with E-state index < -0.39 is 11.9 Å². The first-order chi connectivity index (χ1) is 12.1. The second kappa shape index (κ2) is 7.88. The minimum absolute atomic E-state index is 0.117. The zero-order valence-corrected chi connectivity index (χ0v) is 15.3. The summed E-state index contributed by atoms with van der Waals surface area (Å²) in [5, 5.41) is 3.32. The maximum absolute atomic E-state index is 12.4. The third kappa shape index (κ3) is 3.80. The molecule has 0 fully saturated rings. The van der Waals surface area contributed by atoms with Crippen LogP contribution in [0, 0.1) is 0 Å². The number of carbonyl (C=O) groups excluding carboxylic acids is 2. The van der Waals surface area contributed by atoms with Crippen molar-refractivity contribution in [1.29, 1.82) is 0 Å². The molecule has 3 heterocycles. The maximum atomic E-state index is 12.4. The second-order valence-corrected chi connectivity index (χ2v) is 7.14. The van der Waals surface area contributed by atoms with Gasteiger partial charge < -0.3 is 24.4 Å². The fourth-order valence-corrected chi connectivity index (χ4v) is 4.46. The van der Waals surface area contributed by atoms with Gasteiger partial charge in [0, 0.05) is 6.42 Å². The van der Waals surface area contributed by atoms with E-state index >= 15 is 0 Å². The highest BCUT2D eigenvalue weighted by atomic mass is 32.1. The molecule has 1 amide bonds. The number of esters is 1. The van der Waals surface area contributed by atoms with Gasteiger partial charge in [0.2, 0.25) is 5.76 Å². The summed E-state index contributed by atoms with van der Waals surface area (Å²) in [6, 6.07) is 0. The summed E-state index contributed by atoms with van der Waals surface area (Å²) in [6.07, 6.45) is 3.23. The van der Waals surface area contributed by atoms with Crippen molar-refractivity contribution in [3.05, 3.63) is 28.0 Å². The Morgan fingerprint density at radius 1 is 1.40 bits per heavy atom. The van der Waals surface area contributed by atoms with E-state index in [4.69, 9.17) is 14.2 Å². The molecule has 0 bridgehead atoms. The van der Waals surface area contributed by atoms with Crippen LogP contribution in [0.1, 0.15) is 34.1 Å². The average molecular weight is 367 g/mol. The molecule has 1 aromatic rings. The third-order valence-electron chi connectivity index (χ3n) is 4.32. The molecule has 1 unspecified atom stereocenters. The minimum atomic E-state index is -0.416. The summed E-state index contributed by atoms with van der Waals surface area (Å²) in [5.74, 6) is -0.714. The molecule has 1 atom stereocenters. The highest BCUT2D eigenvalue weighted by molar-refractivity contribution is 7.17. The van der Waals surface area contributed by atoms with Crippen LogP contribution in [0.4, 0.5) is 5.00 Å². The Kier molecular flexibility index (Phi) is 5.60. The van der Waals surface area contributed by atoms with Crippen molar-refractivity contribution in [3.8, 4) is 0 Å². The van der Waals surface area contributed by atoms with Gasteiger partial charge in [0.05, 0.1) is 30.6 Å². The van der Waals surface area contributed by atoms with Crippen LogP contribution in [-0.2, 0) is 32.0 Å². The molecule has 0 saturated heterocycles. The molecule has 0 aliphatic carbocycles. The molecule has 2 aliphatic rings. The molecule has 1 aromatic heterocycles. The molecular weight excluding hydrogens is 344 g/mol. The van der Waals surface area contributed by atoms with Crippen molar-refractivity contribution in [2.75, 3.05) is 38.7 Å². The first-order valence-corrected chi connectivity index (χ1v) is 9.28. The van der Waals surface area contributed by atoms with Crippen molar-refractivity contribution in [2.45, 2.75) is 26.3 Å². The van der Waals surface area contributed by atoms with Gasteiger partial charge in [0.1, 0.15) is 31.0 Å². The molecule has 0 spiro atoms. The van der Waals surface area contributed by atoms with Crippen molar-refractivity contribution in [1.82, 2.24) is 0 Å². The Hall–Kier alpha value is -2.06. The van der Waals surface area contributed by atoms with E-state index in [0.29, 0.717) is 23.8 Å². The maximum Gasteiger partial charge on any atom is 0.341 e. The topological polar surface area (TPSA) is 78.3 Å². The molecule has 136 valence electrons. The second-order valence-electron chi connectivity index (χ2n) is 6.03. The largest absolute Gasteiger partial charge is 0.494 e. The molecule has 3 rings (SSSR count). The van der Waals surface area contributed by atoms with Crippen molar-refractivity contribution < 1.29 is 28.7 Å². The van der Waals surface area contributed by atoms with E-state index in [1.165, 1.54) is 29.6 Å². The Bertz CT molecular complexity index is 697. The quantitative estimate of drug-likeness (QED) is 0.750.